The molecule has 0 unspecified atom stereocenters. The number of hydrogen-bond donors (Lipinski definition) is 1. The first kappa shape index (κ1) is 16.3. The van der Waals surface area contributed by atoms with Crippen molar-refractivity contribution in [3.63, 3.8) is 0 Å². The van der Waals surface area contributed by atoms with Crippen molar-refractivity contribution in [2.24, 2.45) is 0 Å². The van der Waals surface area contributed by atoms with Crippen molar-refractivity contribution in [2.75, 3.05) is 12.9 Å². The summed E-state index contributed by atoms with van der Waals surface area (Å²) in [5.41, 5.74) is 1.35. The third-order valence-corrected chi connectivity index (χ3v) is 5.52. The van der Waals surface area contributed by atoms with E-state index >= 15 is 0 Å². The summed E-state index contributed by atoms with van der Waals surface area (Å²) in [4.78, 5) is 0. The lowest BCUT2D eigenvalue weighted by Crippen LogP contribution is -1.88. The zero-order chi connectivity index (χ0) is 15.1. The number of hydrogen-bond acceptors (Lipinski definition) is 6. The van der Waals surface area contributed by atoms with Gasteiger partial charge in [-0.25, -0.2) is 4.39 Å². The van der Waals surface area contributed by atoms with E-state index in [0.717, 1.165) is 14.2 Å². The first-order valence-electron chi connectivity index (χ1n) is 6.11. The third kappa shape index (κ3) is 5.00. The topological polar surface area (TPSA) is 46.0 Å². The summed E-state index contributed by atoms with van der Waals surface area (Å²) >= 11 is 4.69. The molecule has 0 spiro atoms. The summed E-state index contributed by atoms with van der Waals surface area (Å²) in [6.07, 6.45) is 2.31. The predicted octanol–water partition coefficient (Wildman–Crippen LogP) is 3.43. The van der Waals surface area contributed by atoms with E-state index in [1.54, 1.807) is 47.0 Å². The molecule has 1 aromatic carbocycles. The van der Waals surface area contributed by atoms with Crippen LogP contribution in [0.15, 0.2) is 26.9 Å². The van der Waals surface area contributed by atoms with Crippen molar-refractivity contribution in [1.29, 1.82) is 0 Å². The van der Waals surface area contributed by atoms with Crippen LogP contribution in [0.2, 0.25) is 0 Å². The molecule has 1 heterocycles. The molecular weight excluding hydrogens is 327 g/mol. The van der Waals surface area contributed by atoms with Gasteiger partial charge < -0.3 is 5.11 Å². The molecular formula is C14H13FN2OS3. The van der Waals surface area contributed by atoms with E-state index in [4.69, 9.17) is 5.11 Å². The molecule has 0 radical (unpaired) electrons. The Morgan fingerprint density at radius 2 is 2.14 bits per heavy atom. The van der Waals surface area contributed by atoms with Gasteiger partial charge >= 0.3 is 0 Å². The van der Waals surface area contributed by atoms with E-state index in [9.17, 15) is 4.39 Å². The molecule has 2 aromatic rings. The van der Waals surface area contributed by atoms with Gasteiger partial charge in [-0.2, -0.15) is 0 Å². The quantitative estimate of drug-likeness (QED) is 0.667. The maximum atomic E-state index is 13.6. The van der Waals surface area contributed by atoms with Crippen molar-refractivity contribution in [3.8, 4) is 11.8 Å². The van der Waals surface area contributed by atoms with Crippen molar-refractivity contribution in [2.45, 2.75) is 20.9 Å². The fourth-order valence-corrected chi connectivity index (χ4v) is 3.84. The highest BCUT2D eigenvalue weighted by molar-refractivity contribution is 8.02. The number of aliphatic hydroxyl groups is 1. The van der Waals surface area contributed by atoms with Gasteiger partial charge in [-0.3, -0.25) is 0 Å². The zero-order valence-corrected chi connectivity index (χ0v) is 13.7. The van der Waals surface area contributed by atoms with Crippen molar-refractivity contribution in [3.05, 3.63) is 35.1 Å². The van der Waals surface area contributed by atoms with Gasteiger partial charge in [-0.15, -0.1) is 10.2 Å². The van der Waals surface area contributed by atoms with Crippen LogP contribution in [0.3, 0.4) is 0 Å². The molecule has 0 aliphatic heterocycles. The molecule has 0 atom stereocenters. The van der Waals surface area contributed by atoms with Gasteiger partial charge in [0.15, 0.2) is 8.68 Å². The molecule has 0 fully saturated rings. The van der Waals surface area contributed by atoms with Crippen LogP contribution in [-0.2, 0) is 5.75 Å². The Morgan fingerprint density at radius 1 is 1.33 bits per heavy atom. The molecule has 0 aliphatic carbocycles. The molecule has 110 valence electrons. The second kappa shape index (κ2) is 8.39. The van der Waals surface area contributed by atoms with E-state index in [0.29, 0.717) is 17.7 Å². The molecule has 0 aliphatic rings. The summed E-state index contributed by atoms with van der Waals surface area (Å²) in [6, 6.07) is 4.91. The fourth-order valence-electron chi connectivity index (χ4n) is 1.45. The monoisotopic (exact) mass is 340 g/mol. The van der Waals surface area contributed by atoms with Crippen LogP contribution in [0.5, 0.6) is 0 Å². The van der Waals surface area contributed by atoms with E-state index < -0.39 is 0 Å². The standard InChI is InChI=1S/C14H13FN2OS3/c1-19-13-16-17-14(21-13)20-9-10-5-6-12(15)11(8-10)4-2-3-7-18/h5-6,8,18H,3,7,9H2,1H3. The van der Waals surface area contributed by atoms with Crippen LogP contribution in [0, 0.1) is 17.7 Å². The van der Waals surface area contributed by atoms with Crippen LogP contribution >= 0.6 is 34.9 Å². The highest BCUT2D eigenvalue weighted by atomic mass is 32.2. The van der Waals surface area contributed by atoms with Crippen LogP contribution < -0.4 is 0 Å². The number of benzene rings is 1. The van der Waals surface area contributed by atoms with Gasteiger partial charge in [0.1, 0.15) is 5.82 Å². The predicted molar refractivity (Wildman–Crippen MR) is 86.2 cm³/mol. The summed E-state index contributed by atoms with van der Waals surface area (Å²) in [6.45, 7) is -0.0149. The highest BCUT2D eigenvalue weighted by Crippen LogP contribution is 2.29. The fraction of sp³-hybridized carbons (Fsp3) is 0.286. The van der Waals surface area contributed by atoms with E-state index in [1.165, 1.54) is 6.07 Å². The Balaban J connectivity index is 2.03. The first-order valence-corrected chi connectivity index (χ1v) is 9.14. The van der Waals surface area contributed by atoms with Gasteiger partial charge in [-0.1, -0.05) is 52.8 Å². The largest absolute Gasteiger partial charge is 0.395 e. The SMILES string of the molecule is CSc1nnc(SCc2ccc(F)c(C#CCCO)c2)s1. The van der Waals surface area contributed by atoms with Crippen LogP contribution in [-0.4, -0.2) is 28.2 Å². The Morgan fingerprint density at radius 3 is 2.86 bits per heavy atom. The molecule has 7 heteroatoms. The molecule has 0 bridgehead atoms. The lowest BCUT2D eigenvalue weighted by atomic mass is 10.1. The van der Waals surface area contributed by atoms with E-state index in [2.05, 4.69) is 22.0 Å². The van der Waals surface area contributed by atoms with Gasteiger partial charge in [0.25, 0.3) is 0 Å². The van der Waals surface area contributed by atoms with Gasteiger partial charge in [0.05, 0.1) is 12.2 Å². The van der Waals surface area contributed by atoms with E-state index in [1.807, 2.05) is 6.26 Å². The van der Waals surface area contributed by atoms with Crippen LogP contribution in [0.1, 0.15) is 17.5 Å². The molecule has 0 saturated heterocycles. The average molecular weight is 340 g/mol. The minimum absolute atomic E-state index is 0.0149. The number of aromatic nitrogens is 2. The summed E-state index contributed by atoms with van der Waals surface area (Å²) < 4.78 is 15.5. The van der Waals surface area contributed by atoms with Gasteiger partial charge in [0, 0.05) is 12.2 Å². The van der Waals surface area contributed by atoms with Crippen molar-refractivity contribution in [1.82, 2.24) is 10.2 Å². The second-order valence-electron chi connectivity index (χ2n) is 3.92. The number of halogens is 1. The Hall–Kier alpha value is -1.07. The normalized spacial score (nSPS) is 10.2. The highest BCUT2D eigenvalue weighted by Gasteiger charge is 2.06. The summed E-state index contributed by atoms with van der Waals surface area (Å²) in [5, 5.41) is 16.8. The van der Waals surface area contributed by atoms with Crippen LogP contribution in [0.25, 0.3) is 0 Å². The molecule has 1 N–H and O–H groups in total. The minimum atomic E-state index is -0.338. The van der Waals surface area contributed by atoms with E-state index in [-0.39, 0.29) is 12.4 Å². The summed E-state index contributed by atoms with van der Waals surface area (Å²) in [5.74, 6) is 5.83. The molecule has 1 aromatic heterocycles. The Kier molecular flexibility index (Phi) is 6.51. The minimum Gasteiger partial charge on any atom is -0.395 e. The Bertz CT molecular complexity index is 664. The Labute approximate surface area is 135 Å². The maximum Gasteiger partial charge on any atom is 0.175 e. The first-order chi connectivity index (χ1) is 10.2. The smallest absolute Gasteiger partial charge is 0.175 e. The lowest BCUT2D eigenvalue weighted by Gasteiger charge is -2.01. The zero-order valence-electron chi connectivity index (χ0n) is 11.3. The molecule has 3 nitrogen and oxygen atoms in total. The van der Waals surface area contributed by atoms with Gasteiger partial charge in [-0.05, 0) is 24.0 Å². The van der Waals surface area contributed by atoms with Crippen molar-refractivity contribution < 1.29 is 9.50 Å². The molecule has 0 amide bonds. The van der Waals surface area contributed by atoms with Gasteiger partial charge in [0.2, 0.25) is 0 Å². The molecule has 21 heavy (non-hydrogen) atoms. The molecule has 0 saturated carbocycles. The van der Waals surface area contributed by atoms with Crippen LogP contribution in [0.4, 0.5) is 4.39 Å². The number of aliphatic hydroxyl groups excluding tert-OH is 1. The van der Waals surface area contributed by atoms with Crippen molar-refractivity contribution >= 4 is 34.9 Å². The second-order valence-corrected chi connectivity index (χ2v) is 7.17. The third-order valence-electron chi connectivity index (χ3n) is 2.42. The maximum absolute atomic E-state index is 13.6. The number of thioether (sulfide) groups is 2. The number of nitrogens with zero attached hydrogens (tertiary/aromatic N) is 2. The lowest BCUT2D eigenvalue weighted by molar-refractivity contribution is 0.305. The number of rotatable bonds is 5. The molecule has 2 rings (SSSR count). The summed E-state index contributed by atoms with van der Waals surface area (Å²) in [7, 11) is 0. The average Bonchev–Trinajstić information content (AvgIpc) is 2.96.